The molecule has 0 saturated carbocycles. The van der Waals surface area contributed by atoms with Gasteiger partial charge in [-0.05, 0) is 17.7 Å². The lowest BCUT2D eigenvalue weighted by Crippen LogP contribution is -2.10. The maximum Gasteiger partial charge on any atom is 0.221 e. The lowest BCUT2D eigenvalue weighted by Gasteiger charge is -2.16. The van der Waals surface area contributed by atoms with E-state index in [1.807, 2.05) is 30.3 Å². The van der Waals surface area contributed by atoms with Crippen LogP contribution in [0.4, 0.5) is 11.4 Å². The molecular weight excluding hydrogens is 467 g/mol. The molecule has 0 aliphatic rings. The number of halogens is 1. The zero-order valence-electron chi connectivity index (χ0n) is 14.0. The standard InChI is InChI=1S/C18H19IN2O2S2/c1-12(22)20-15-8-16(21-13(2)23)18(25-11-19)9-17(15)24-10-14-6-4-3-5-7-14/h3-9H,10-11H2,1-2H3,(H,20,22)(H,21,23). The van der Waals surface area contributed by atoms with E-state index < -0.39 is 0 Å². The number of thioether (sulfide) groups is 2. The predicted octanol–water partition coefficient (Wildman–Crippen LogP) is 5.38. The van der Waals surface area contributed by atoms with Crippen molar-refractivity contribution in [2.45, 2.75) is 29.4 Å². The highest BCUT2D eigenvalue weighted by Crippen LogP contribution is 2.39. The summed E-state index contributed by atoms with van der Waals surface area (Å²) in [4.78, 5) is 25.0. The molecule has 7 heteroatoms. The molecule has 2 aromatic carbocycles. The van der Waals surface area contributed by atoms with Crippen molar-refractivity contribution in [1.29, 1.82) is 0 Å². The fourth-order valence-electron chi connectivity index (χ4n) is 2.17. The number of nitrogens with one attached hydrogen (secondary N) is 2. The molecule has 2 rings (SSSR count). The summed E-state index contributed by atoms with van der Waals surface area (Å²) in [5.74, 6) is 0.541. The Kier molecular flexibility index (Phi) is 8.11. The molecule has 132 valence electrons. The summed E-state index contributed by atoms with van der Waals surface area (Å²) < 4.78 is 0.868. The number of carbonyl (C=O) groups is 2. The summed E-state index contributed by atoms with van der Waals surface area (Å²) in [5, 5.41) is 5.72. The van der Waals surface area contributed by atoms with Crippen LogP contribution in [-0.4, -0.2) is 15.6 Å². The van der Waals surface area contributed by atoms with E-state index in [0.29, 0.717) is 0 Å². The van der Waals surface area contributed by atoms with Gasteiger partial charge in [-0.3, -0.25) is 9.59 Å². The highest BCUT2D eigenvalue weighted by molar-refractivity contribution is 14.1. The van der Waals surface area contributed by atoms with Crippen molar-refractivity contribution < 1.29 is 9.59 Å². The molecule has 0 heterocycles. The van der Waals surface area contributed by atoms with Gasteiger partial charge in [-0.1, -0.05) is 52.9 Å². The second-order valence-electron chi connectivity index (χ2n) is 5.23. The lowest BCUT2D eigenvalue weighted by atomic mass is 10.2. The summed E-state index contributed by atoms with van der Waals surface area (Å²) in [5.41, 5.74) is 2.66. The van der Waals surface area contributed by atoms with E-state index in [4.69, 9.17) is 0 Å². The first kappa shape index (κ1) is 20.1. The van der Waals surface area contributed by atoms with Crippen LogP contribution < -0.4 is 10.6 Å². The van der Waals surface area contributed by atoms with Crippen molar-refractivity contribution >= 4 is 69.3 Å². The Hall–Kier alpha value is -1.19. The lowest BCUT2D eigenvalue weighted by molar-refractivity contribution is -0.115. The number of hydrogen-bond donors (Lipinski definition) is 2. The van der Waals surface area contributed by atoms with Gasteiger partial charge in [0.05, 0.1) is 15.1 Å². The average molecular weight is 486 g/mol. The van der Waals surface area contributed by atoms with Gasteiger partial charge in [0.1, 0.15) is 0 Å². The van der Waals surface area contributed by atoms with Gasteiger partial charge in [-0.25, -0.2) is 0 Å². The third kappa shape index (κ3) is 6.56. The van der Waals surface area contributed by atoms with Gasteiger partial charge >= 0.3 is 0 Å². The first-order chi connectivity index (χ1) is 12.0. The number of carbonyl (C=O) groups excluding carboxylic acids is 2. The van der Waals surface area contributed by atoms with Gasteiger partial charge in [0, 0.05) is 29.4 Å². The topological polar surface area (TPSA) is 58.2 Å². The molecule has 2 amide bonds. The van der Waals surface area contributed by atoms with Gasteiger partial charge in [0.15, 0.2) is 0 Å². The number of alkyl halides is 1. The predicted molar refractivity (Wildman–Crippen MR) is 116 cm³/mol. The molecule has 0 unspecified atom stereocenters. The smallest absolute Gasteiger partial charge is 0.221 e. The van der Waals surface area contributed by atoms with E-state index in [0.717, 1.165) is 30.7 Å². The fourth-order valence-corrected chi connectivity index (χ4v) is 4.82. The Labute approximate surface area is 170 Å². The van der Waals surface area contributed by atoms with E-state index >= 15 is 0 Å². The Bertz CT molecular complexity index is 754. The third-order valence-corrected chi connectivity index (χ3v) is 5.97. The molecule has 0 spiro atoms. The Morgan fingerprint density at radius 2 is 1.48 bits per heavy atom. The molecule has 0 radical (unpaired) electrons. The molecule has 0 bridgehead atoms. The van der Waals surface area contributed by atoms with Crippen LogP contribution in [0.25, 0.3) is 0 Å². The van der Waals surface area contributed by atoms with Gasteiger partial charge in [-0.2, -0.15) is 0 Å². The Balaban J connectivity index is 2.34. The summed E-state index contributed by atoms with van der Waals surface area (Å²) in [6, 6.07) is 14.1. The van der Waals surface area contributed by atoms with Crippen molar-refractivity contribution in [3.05, 3.63) is 48.0 Å². The minimum Gasteiger partial charge on any atom is -0.325 e. The minimum absolute atomic E-state index is 0.131. The third-order valence-electron chi connectivity index (χ3n) is 3.15. The van der Waals surface area contributed by atoms with Gasteiger partial charge in [-0.15, -0.1) is 23.5 Å². The highest BCUT2D eigenvalue weighted by atomic mass is 127. The van der Waals surface area contributed by atoms with Crippen molar-refractivity contribution in [1.82, 2.24) is 0 Å². The molecule has 0 aliphatic carbocycles. The van der Waals surface area contributed by atoms with Crippen LogP contribution in [-0.2, 0) is 15.3 Å². The molecule has 0 aliphatic heterocycles. The monoisotopic (exact) mass is 486 g/mol. The van der Waals surface area contributed by atoms with E-state index in [9.17, 15) is 9.59 Å². The number of benzene rings is 2. The van der Waals surface area contributed by atoms with E-state index in [1.54, 1.807) is 23.5 Å². The number of amides is 2. The maximum atomic E-state index is 11.6. The van der Waals surface area contributed by atoms with E-state index in [2.05, 4.69) is 45.4 Å². The van der Waals surface area contributed by atoms with Crippen LogP contribution in [0.5, 0.6) is 0 Å². The highest BCUT2D eigenvalue weighted by Gasteiger charge is 2.13. The molecule has 2 aromatic rings. The zero-order chi connectivity index (χ0) is 18.2. The second-order valence-corrected chi connectivity index (χ2v) is 9.07. The average Bonchev–Trinajstić information content (AvgIpc) is 2.56. The van der Waals surface area contributed by atoms with Crippen molar-refractivity contribution in [2.75, 3.05) is 14.4 Å². The van der Waals surface area contributed by atoms with Crippen LogP contribution >= 0.6 is 46.1 Å². The zero-order valence-corrected chi connectivity index (χ0v) is 17.8. The van der Waals surface area contributed by atoms with Crippen LogP contribution in [0.1, 0.15) is 19.4 Å². The molecular formula is C18H19IN2O2S2. The second kappa shape index (κ2) is 10.1. The molecule has 25 heavy (non-hydrogen) atoms. The molecule has 0 fully saturated rings. The molecule has 2 N–H and O–H groups in total. The van der Waals surface area contributed by atoms with Crippen LogP contribution in [0.15, 0.2) is 52.3 Å². The SMILES string of the molecule is CC(=O)Nc1cc(NC(C)=O)c(SCc2ccccc2)cc1SCI. The van der Waals surface area contributed by atoms with Crippen LogP contribution in [0, 0.1) is 0 Å². The molecule has 0 aromatic heterocycles. The van der Waals surface area contributed by atoms with Gasteiger partial charge in [0.2, 0.25) is 11.8 Å². The Morgan fingerprint density at radius 3 is 2.00 bits per heavy atom. The molecule has 0 atom stereocenters. The van der Waals surface area contributed by atoms with Crippen LogP contribution in [0.2, 0.25) is 0 Å². The summed E-state index contributed by atoms with van der Waals surface area (Å²) >= 11 is 5.61. The van der Waals surface area contributed by atoms with Gasteiger partial charge in [0.25, 0.3) is 0 Å². The quantitative estimate of drug-likeness (QED) is 0.314. The first-order valence-corrected chi connectivity index (χ1v) is 11.1. The first-order valence-electron chi connectivity index (χ1n) is 7.58. The van der Waals surface area contributed by atoms with Crippen molar-refractivity contribution in [3.8, 4) is 0 Å². The van der Waals surface area contributed by atoms with E-state index in [-0.39, 0.29) is 11.8 Å². The van der Waals surface area contributed by atoms with E-state index in [1.165, 1.54) is 19.4 Å². The number of rotatable bonds is 7. The summed E-state index contributed by atoms with van der Waals surface area (Å²) in [6.07, 6.45) is 0. The number of anilines is 2. The van der Waals surface area contributed by atoms with Crippen molar-refractivity contribution in [2.24, 2.45) is 0 Å². The summed E-state index contributed by atoms with van der Waals surface area (Å²) in [7, 11) is 0. The Morgan fingerprint density at radius 1 is 0.920 bits per heavy atom. The van der Waals surface area contributed by atoms with Gasteiger partial charge < -0.3 is 10.6 Å². The largest absolute Gasteiger partial charge is 0.325 e. The molecule has 0 saturated heterocycles. The number of hydrogen-bond acceptors (Lipinski definition) is 4. The fraction of sp³-hybridized carbons (Fsp3) is 0.222. The maximum absolute atomic E-state index is 11.6. The van der Waals surface area contributed by atoms with Crippen molar-refractivity contribution in [3.63, 3.8) is 0 Å². The van der Waals surface area contributed by atoms with Crippen LogP contribution in [0.3, 0.4) is 0 Å². The summed E-state index contributed by atoms with van der Waals surface area (Å²) in [6.45, 7) is 2.96. The normalized spacial score (nSPS) is 10.4. The molecule has 4 nitrogen and oxygen atoms in total. The minimum atomic E-state index is -0.135.